The second-order valence-electron chi connectivity index (χ2n) is 15.5. The number of rotatable bonds is 13. The molecule has 1 amide bonds. The van der Waals surface area contributed by atoms with E-state index in [-0.39, 0.29) is 40.0 Å². The number of aryl methyl sites for hydroxylation is 1. The number of nitrogens with zero attached hydrogens (tertiary/aromatic N) is 2. The van der Waals surface area contributed by atoms with Crippen molar-refractivity contribution in [2.24, 2.45) is 16.9 Å². The monoisotopic (exact) mass is 651 g/mol. The lowest BCUT2D eigenvalue weighted by atomic mass is 9.90. The summed E-state index contributed by atoms with van der Waals surface area (Å²) in [4.78, 5) is 16.4. The standard InChI is InChI=1S/C36H57N3O4Si2/c1-35(2,3)44(7,8)42-29(17-16-27-14-12-11-13-15-27)18-19-31-30(22-25-38-39-34(41)28-20-23-37-24-21-28)32(40)26-33(31)43-45(9,10)36(4,5)6/h11-15,18-21,23-25,29-33,40H,16-17,22,26H2,1-10H3,(H,39,41)/b19-18+,38-25?/t29-,30+,31+,32-,33+/m0/s1. The van der Waals surface area contributed by atoms with E-state index >= 15 is 0 Å². The van der Waals surface area contributed by atoms with Crippen molar-refractivity contribution in [2.75, 3.05) is 0 Å². The van der Waals surface area contributed by atoms with Crippen molar-refractivity contribution in [1.29, 1.82) is 0 Å². The van der Waals surface area contributed by atoms with Crippen LogP contribution < -0.4 is 5.43 Å². The number of nitrogens with one attached hydrogen (secondary N) is 1. The molecule has 3 rings (SSSR count). The summed E-state index contributed by atoms with van der Waals surface area (Å²) in [6, 6.07) is 13.9. The Kier molecular flexibility index (Phi) is 12.7. The molecule has 0 radical (unpaired) electrons. The molecule has 1 aliphatic rings. The average molecular weight is 652 g/mol. The summed E-state index contributed by atoms with van der Waals surface area (Å²) in [6.07, 6.45) is 11.6. The van der Waals surface area contributed by atoms with E-state index in [4.69, 9.17) is 8.85 Å². The Morgan fingerprint density at radius 3 is 2.24 bits per heavy atom. The van der Waals surface area contributed by atoms with Crippen LogP contribution in [-0.4, -0.2) is 57.2 Å². The van der Waals surface area contributed by atoms with Gasteiger partial charge in [0.15, 0.2) is 16.6 Å². The van der Waals surface area contributed by atoms with Crippen LogP contribution in [0.3, 0.4) is 0 Å². The van der Waals surface area contributed by atoms with Gasteiger partial charge in [-0.25, -0.2) is 5.43 Å². The molecule has 1 saturated carbocycles. The van der Waals surface area contributed by atoms with Crippen LogP contribution in [0.4, 0.5) is 0 Å². The fourth-order valence-corrected chi connectivity index (χ4v) is 7.84. The van der Waals surface area contributed by atoms with Crippen molar-refractivity contribution in [3.05, 3.63) is 78.1 Å². The van der Waals surface area contributed by atoms with E-state index in [2.05, 4.69) is 126 Å². The van der Waals surface area contributed by atoms with Crippen molar-refractivity contribution < 1.29 is 18.8 Å². The number of aliphatic hydroxyl groups excluding tert-OH is 1. The van der Waals surface area contributed by atoms with Gasteiger partial charge in [-0.3, -0.25) is 9.78 Å². The molecule has 7 nitrogen and oxygen atoms in total. The molecule has 248 valence electrons. The van der Waals surface area contributed by atoms with Crippen molar-refractivity contribution in [1.82, 2.24) is 10.4 Å². The summed E-state index contributed by atoms with van der Waals surface area (Å²) in [7, 11) is -4.15. The summed E-state index contributed by atoms with van der Waals surface area (Å²) in [5.74, 6) is -0.404. The van der Waals surface area contributed by atoms with Crippen LogP contribution in [0.2, 0.25) is 36.3 Å². The van der Waals surface area contributed by atoms with Gasteiger partial charge in [0.2, 0.25) is 0 Å². The van der Waals surface area contributed by atoms with Gasteiger partial charge in [0.05, 0.1) is 18.3 Å². The van der Waals surface area contributed by atoms with Crippen LogP contribution in [0.25, 0.3) is 0 Å². The first-order valence-corrected chi connectivity index (χ1v) is 22.2. The summed E-state index contributed by atoms with van der Waals surface area (Å²) >= 11 is 0. The van der Waals surface area contributed by atoms with E-state index in [0.717, 1.165) is 12.8 Å². The Morgan fingerprint density at radius 2 is 1.64 bits per heavy atom. The lowest BCUT2D eigenvalue weighted by Crippen LogP contribution is -2.45. The minimum Gasteiger partial charge on any atom is -0.413 e. The van der Waals surface area contributed by atoms with Crippen molar-refractivity contribution in [3.8, 4) is 0 Å². The molecule has 0 unspecified atom stereocenters. The molecule has 45 heavy (non-hydrogen) atoms. The minimum atomic E-state index is -2.11. The maximum Gasteiger partial charge on any atom is 0.271 e. The second kappa shape index (κ2) is 15.4. The maximum atomic E-state index is 12.5. The first kappa shape index (κ1) is 37.0. The van der Waals surface area contributed by atoms with E-state index < -0.39 is 22.7 Å². The molecule has 0 bridgehead atoms. The summed E-state index contributed by atoms with van der Waals surface area (Å²) in [6.45, 7) is 22.7. The fraction of sp³-hybridized carbons (Fsp3) is 0.583. The molecule has 2 aromatic rings. The zero-order valence-electron chi connectivity index (χ0n) is 29.2. The van der Waals surface area contributed by atoms with Crippen LogP contribution in [0.1, 0.15) is 76.7 Å². The van der Waals surface area contributed by atoms with Gasteiger partial charge in [-0.2, -0.15) is 5.10 Å². The van der Waals surface area contributed by atoms with Gasteiger partial charge < -0.3 is 14.0 Å². The number of amides is 1. The van der Waals surface area contributed by atoms with Gasteiger partial charge >= 0.3 is 0 Å². The summed E-state index contributed by atoms with van der Waals surface area (Å²) < 4.78 is 14.0. The van der Waals surface area contributed by atoms with E-state index in [1.54, 1.807) is 30.7 Å². The molecule has 0 spiro atoms. The highest BCUT2D eigenvalue weighted by Crippen LogP contribution is 2.44. The van der Waals surface area contributed by atoms with Crippen LogP contribution >= 0.6 is 0 Å². The molecular formula is C36H57N3O4Si2. The molecule has 0 aliphatic heterocycles. The quantitative estimate of drug-likeness (QED) is 0.0987. The third-order valence-corrected chi connectivity index (χ3v) is 19.1. The Balaban J connectivity index is 1.86. The van der Waals surface area contributed by atoms with E-state index in [0.29, 0.717) is 18.4 Å². The normalized spacial score (nSPS) is 22.3. The number of carbonyl (C=O) groups excluding carboxylic acids is 1. The molecule has 5 atom stereocenters. The van der Waals surface area contributed by atoms with Gasteiger partial charge in [0.25, 0.3) is 5.91 Å². The second-order valence-corrected chi connectivity index (χ2v) is 25.0. The molecule has 1 aromatic carbocycles. The number of aliphatic hydroxyl groups is 1. The summed E-state index contributed by atoms with van der Waals surface area (Å²) in [5, 5.41) is 15.7. The molecule has 1 aliphatic carbocycles. The average Bonchev–Trinajstić information content (AvgIpc) is 3.24. The molecule has 2 N–H and O–H groups in total. The molecule has 9 heteroatoms. The van der Waals surface area contributed by atoms with Crippen LogP contribution in [0.15, 0.2) is 72.1 Å². The highest BCUT2D eigenvalue weighted by Gasteiger charge is 2.47. The smallest absolute Gasteiger partial charge is 0.271 e. The fourth-order valence-electron chi connectivity index (χ4n) is 5.17. The first-order valence-electron chi connectivity index (χ1n) is 16.4. The highest BCUT2D eigenvalue weighted by molar-refractivity contribution is 6.74. The number of hydrogen-bond acceptors (Lipinski definition) is 6. The van der Waals surface area contributed by atoms with Gasteiger partial charge in [-0.15, -0.1) is 0 Å². The number of hydrazone groups is 1. The molecule has 1 fully saturated rings. The number of aromatic nitrogens is 1. The number of carbonyl (C=O) groups is 1. The highest BCUT2D eigenvalue weighted by atomic mass is 28.4. The van der Waals surface area contributed by atoms with Crippen molar-refractivity contribution >= 4 is 28.8 Å². The van der Waals surface area contributed by atoms with Crippen molar-refractivity contribution in [2.45, 2.75) is 122 Å². The van der Waals surface area contributed by atoms with Gasteiger partial charge in [-0.1, -0.05) is 84.0 Å². The number of hydrogen-bond donors (Lipinski definition) is 2. The minimum absolute atomic E-state index is 0.0151. The lowest BCUT2D eigenvalue weighted by molar-refractivity contribution is 0.0954. The SMILES string of the molecule is CC(C)(C)[Si](C)(C)O[C@H](/C=C/[C@@H]1[C@@H](CC=NNC(=O)c2ccncc2)[C@@H](O)C[C@H]1O[Si](C)(C)C(C)(C)C)CCc1ccccc1. The predicted molar refractivity (Wildman–Crippen MR) is 190 cm³/mol. The number of benzene rings is 1. The maximum absolute atomic E-state index is 12.5. The van der Waals surface area contributed by atoms with E-state index in [9.17, 15) is 9.90 Å². The Bertz CT molecular complexity index is 1270. The molecular weight excluding hydrogens is 595 g/mol. The van der Waals surface area contributed by atoms with Crippen LogP contribution in [-0.2, 0) is 15.3 Å². The molecule has 1 heterocycles. The zero-order valence-corrected chi connectivity index (χ0v) is 31.2. The Morgan fingerprint density at radius 1 is 1.02 bits per heavy atom. The van der Waals surface area contributed by atoms with Gasteiger partial charge in [-0.05, 0) is 85.6 Å². The third-order valence-electron chi connectivity index (χ3n) is 10.1. The largest absolute Gasteiger partial charge is 0.413 e. The number of pyridine rings is 1. The molecule has 0 saturated heterocycles. The zero-order chi connectivity index (χ0) is 33.5. The van der Waals surface area contributed by atoms with Crippen LogP contribution in [0.5, 0.6) is 0 Å². The molecule has 1 aromatic heterocycles. The topological polar surface area (TPSA) is 93.0 Å². The Hall–Kier alpha value is -2.44. The van der Waals surface area contributed by atoms with Gasteiger partial charge in [0.1, 0.15) is 0 Å². The van der Waals surface area contributed by atoms with Crippen molar-refractivity contribution in [3.63, 3.8) is 0 Å². The van der Waals surface area contributed by atoms with E-state index in [1.807, 2.05) is 0 Å². The first-order chi connectivity index (χ1) is 20.9. The Labute approximate surface area is 274 Å². The predicted octanol–water partition coefficient (Wildman–Crippen LogP) is 8.15. The van der Waals surface area contributed by atoms with Gasteiger partial charge in [0, 0.05) is 30.1 Å². The lowest BCUT2D eigenvalue weighted by Gasteiger charge is -2.40. The van der Waals surface area contributed by atoms with Crippen LogP contribution in [0, 0.1) is 11.8 Å². The summed E-state index contributed by atoms with van der Waals surface area (Å²) in [5.41, 5.74) is 4.40. The third kappa shape index (κ3) is 10.5. The van der Waals surface area contributed by atoms with E-state index in [1.165, 1.54) is 5.56 Å².